The molecule has 1 aliphatic rings. The van der Waals surface area contributed by atoms with Crippen LogP contribution in [0.3, 0.4) is 0 Å². The van der Waals surface area contributed by atoms with Crippen LogP contribution in [0.4, 0.5) is 5.69 Å². The first-order valence-electron chi connectivity index (χ1n) is 8.24. The number of hydrogen-bond donors (Lipinski definition) is 0. The van der Waals surface area contributed by atoms with E-state index in [1.54, 1.807) is 0 Å². The van der Waals surface area contributed by atoms with Crippen molar-refractivity contribution in [1.82, 2.24) is 0 Å². The van der Waals surface area contributed by atoms with E-state index in [9.17, 15) is 0 Å². The molecule has 0 saturated heterocycles. The van der Waals surface area contributed by atoms with Crippen LogP contribution < -0.4 is 5.01 Å². The third-order valence-electron chi connectivity index (χ3n) is 4.43. The second kappa shape index (κ2) is 7.55. The summed E-state index contributed by atoms with van der Waals surface area (Å²) in [5.41, 5.74) is 4.49. The van der Waals surface area contributed by atoms with Gasteiger partial charge in [-0.05, 0) is 59.7 Å². The highest BCUT2D eigenvalue weighted by atomic mass is 79.9. The van der Waals surface area contributed by atoms with Crippen LogP contribution in [0.2, 0.25) is 5.02 Å². The number of halogens is 3. The van der Waals surface area contributed by atoms with Crippen LogP contribution in [0.15, 0.2) is 86.8 Å². The van der Waals surface area contributed by atoms with Crippen molar-refractivity contribution in [1.29, 1.82) is 0 Å². The second-order valence-electron chi connectivity index (χ2n) is 6.15. The lowest BCUT2D eigenvalue weighted by Crippen LogP contribution is -2.18. The van der Waals surface area contributed by atoms with Crippen LogP contribution in [0, 0.1) is 0 Å². The third kappa shape index (κ3) is 3.73. The van der Waals surface area contributed by atoms with Gasteiger partial charge in [0.15, 0.2) is 0 Å². The number of nitrogens with zero attached hydrogens (tertiary/aromatic N) is 2. The molecule has 130 valence electrons. The van der Waals surface area contributed by atoms with E-state index in [4.69, 9.17) is 16.7 Å². The molecule has 5 heteroatoms. The average Bonchev–Trinajstić information content (AvgIpc) is 3.09. The van der Waals surface area contributed by atoms with Crippen LogP contribution in [-0.4, -0.2) is 5.71 Å². The van der Waals surface area contributed by atoms with Crippen molar-refractivity contribution in [3.8, 4) is 0 Å². The second-order valence-corrected chi connectivity index (χ2v) is 8.41. The van der Waals surface area contributed by atoms with E-state index in [1.165, 1.54) is 5.56 Å². The van der Waals surface area contributed by atoms with Crippen molar-refractivity contribution in [3.63, 3.8) is 0 Å². The molecule has 1 unspecified atom stereocenters. The number of hydrazone groups is 1. The molecular formula is C21H15Br2ClN2. The highest BCUT2D eigenvalue weighted by Crippen LogP contribution is 2.37. The molecule has 1 aliphatic heterocycles. The molecular weight excluding hydrogens is 476 g/mol. The molecule has 26 heavy (non-hydrogen) atoms. The Kier molecular flexibility index (Phi) is 5.16. The van der Waals surface area contributed by atoms with E-state index in [-0.39, 0.29) is 6.04 Å². The predicted octanol–water partition coefficient (Wildman–Crippen LogP) is 7.22. The van der Waals surface area contributed by atoms with Gasteiger partial charge in [0, 0.05) is 20.4 Å². The smallest absolute Gasteiger partial charge is 0.0831 e. The molecule has 0 aliphatic carbocycles. The van der Waals surface area contributed by atoms with E-state index in [2.05, 4.69) is 73.3 Å². The largest absolute Gasteiger partial charge is 0.257 e. The lowest BCUT2D eigenvalue weighted by Gasteiger charge is -2.24. The molecule has 1 heterocycles. The van der Waals surface area contributed by atoms with E-state index < -0.39 is 0 Å². The minimum absolute atomic E-state index is 0.162. The molecule has 3 aromatic carbocycles. The fraction of sp³-hybridized carbons (Fsp3) is 0.0952. The highest BCUT2D eigenvalue weighted by molar-refractivity contribution is 9.10. The topological polar surface area (TPSA) is 15.6 Å². The Balaban J connectivity index is 1.74. The van der Waals surface area contributed by atoms with Gasteiger partial charge in [-0.25, -0.2) is 0 Å². The normalized spacial score (nSPS) is 16.7. The first kappa shape index (κ1) is 17.8. The van der Waals surface area contributed by atoms with Gasteiger partial charge in [0.05, 0.1) is 17.4 Å². The highest BCUT2D eigenvalue weighted by Gasteiger charge is 2.29. The van der Waals surface area contributed by atoms with Crippen molar-refractivity contribution in [2.45, 2.75) is 12.5 Å². The SMILES string of the molecule is Clc1ccc(C2=NN(c3ccc(Br)cc3)C(c3ccc(Br)cc3)C2)cc1. The molecule has 3 aromatic rings. The Bertz CT molecular complexity index is 935. The molecule has 1 atom stereocenters. The molecule has 0 radical (unpaired) electrons. The Hall–Kier alpha value is -1.62. The molecule has 0 amide bonds. The number of rotatable bonds is 3. The van der Waals surface area contributed by atoms with Gasteiger partial charge in [-0.3, -0.25) is 5.01 Å². The summed E-state index contributed by atoms with van der Waals surface area (Å²) in [6.07, 6.45) is 0.847. The van der Waals surface area contributed by atoms with Gasteiger partial charge in [0.2, 0.25) is 0 Å². The van der Waals surface area contributed by atoms with Gasteiger partial charge in [-0.2, -0.15) is 5.10 Å². The summed E-state index contributed by atoms with van der Waals surface area (Å²) in [7, 11) is 0. The van der Waals surface area contributed by atoms with Gasteiger partial charge in [-0.1, -0.05) is 67.7 Å². The van der Waals surface area contributed by atoms with Crippen molar-refractivity contribution >= 4 is 54.9 Å². The molecule has 4 rings (SSSR count). The zero-order chi connectivity index (χ0) is 18.1. The Labute approximate surface area is 174 Å². The monoisotopic (exact) mass is 488 g/mol. The predicted molar refractivity (Wildman–Crippen MR) is 116 cm³/mol. The standard InChI is InChI=1S/C21H15Br2ClN2/c22-16-5-1-15(2-6-16)21-13-20(14-3-9-18(24)10-4-14)25-26(21)19-11-7-17(23)8-12-19/h1-12,21H,13H2. The van der Waals surface area contributed by atoms with E-state index in [0.29, 0.717) is 0 Å². The summed E-state index contributed by atoms with van der Waals surface area (Å²) < 4.78 is 2.14. The maximum absolute atomic E-state index is 6.04. The van der Waals surface area contributed by atoms with Crippen molar-refractivity contribution in [2.75, 3.05) is 5.01 Å². The lowest BCUT2D eigenvalue weighted by molar-refractivity contribution is 0.709. The molecule has 0 fully saturated rings. The lowest BCUT2D eigenvalue weighted by atomic mass is 9.98. The van der Waals surface area contributed by atoms with Gasteiger partial charge in [-0.15, -0.1) is 0 Å². The third-order valence-corrected chi connectivity index (χ3v) is 5.74. The van der Waals surface area contributed by atoms with Crippen LogP contribution in [0.1, 0.15) is 23.6 Å². The summed E-state index contributed by atoms with van der Waals surface area (Å²) >= 11 is 13.1. The molecule has 0 spiro atoms. The first-order valence-corrected chi connectivity index (χ1v) is 10.2. The van der Waals surface area contributed by atoms with E-state index in [1.807, 2.05) is 36.4 Å². The van der Waals surface area contributed by atoms with Gasteiger partial charge < -0.3 is 0 Å². The quantitative estimate of drug-likeness (QED) is 0.378. The molecule has 0 aromatic heterocycles. The molecule has 2 nitrogen and oxygen atoms in total. The minimum Gasteiger partial charge on any atom is -0.257 e. The van der Waals surface area contributed by atoms with Gasteiger partial charge >= 0.3 is 0 Å². The first-order chi connectivity index (χ1) is 12.6. The Morgan fingerprint density at radius 2 is 1.38 bits per heavy atom. The fourth-order valence-electron chi connectivity index (χ4n) is 3.10. The van der Waals surface area contributed by atoms with E-state index >= 15 is 0 Å². The van der Waals surface area contributed by atoms with Crippen LogP contribution in [0.25, 0.3) is 0 Å². The Morgan fingerprint density at radius 1 is 0.808 bits per heavy atom. The zero-order valence-corrected chi connectivity index (χ0v) is 17.7. The Morgan fingerprint density at radius 3 is 2.00 bits per heavy atom. The average molecular weight is 491 g/mol. The maximum Gasteiger partial charge on any atom is 0.0831 e. The zero-order valence-electron chi connectivity index (χ0n) is 13.7. The molecule has 0 bridgehead atoms. The number of hydrogen-bond acceptors (Lipinski definition) is 2. The van der Waals surface area contributed by atoms with Crippen LogP contribution in [-0.2, 0) is 0 Å². The number of benzene rings is 3. The minimum atomic E-state index is 0.162. The summed E-state index contributed by atoms with van der Waals surface area (Å²) in [6.45, 7) is 0. The van der Waals surface area contributed by atoms with Gasteiger partial charge in [0.1, 0.15) is 0 Å². The van der Waals surface area contributed by atoms with Gasteiger partial charge in [0.25, 0.3) is 0 Å². The fourth-order valence-corrected chi connectivity index (χ4v) is 3.76. The summed E-state index contributed by atoms with van der Waals surface area (Å²) in [5, 5.41) is 7.80. The van der Waals surface area contributed by atoms with Crippen molar-refractivity contribution < 1.29 is 0 Å². The van der Waals surface area contributed by atoms with Crippen molar-refractivity contribution in [3.05, 3.63) is 97.9 Å². The summed E-state index contributed by atoms with van der Waals surface area (Å²) in [4.78, 5) is 0. The summed E-state index contributed by atoms with van der Waals surface area (Å²) in [5.74, 6) is 0. The van der Waals surface area contributed by atoms with Crippen LogP contribution >= 0.6 is 43.5 Å². The summed E-state index contributed by atoms with van der Waals surface area (Å²) in [6, 6.07) is 24.8. The number of anilines is 1. The maximum atomic E-state index is 6.04. The van der Waals surface area contributed by atoms with Crippen LogP contribution in [0.5, 0.6) is 0 Å². The van der Waals surface area contributed by atoms with E-state index in [0.717, 1.165) is 37.4 Å². The molecule has 0 saturated carbocycles. The molecule has 0 N–H and O–H groups in total. The van der Waals surface area contributed by atoms with Crippen molar-refractivity contribution in [2.24, 2.45) is 5.10 Å².